The van der Waals surface area contributed by atoms with Gasteiger partial charge in [0.25, 0.3) is 0 Å². The van der Waals surface area contributed by atoms with Crippen LogP contribution in [0.3, 0.4) is 0 Å². The van der Waals surface area contributed by atoms with E-state index in [1.54, 1.807) is 0 Å². The van der Waals surface area contributed by atoms with Crippen LogP contribution in [0.25, 0.3) is 0 Å². The van der Waals surface area contributed by atoms with Gasteiger partial charge >= 0.3 is 5.97 Å². The van der Waals surface area contributed by atoms with E-state index in [1.165, 1.54) is 0 Å². The molecule has 0 spiro atoms. The second-order valence-corrected chi connectivity index (χ2v) is 5.90. The third-order valence-electron chi connectivity index (χ3n) is 3.49. The second kappa shape index (κ2) is 4.76. The summed E-state index contributed by atoms with van der Waals surface area (Å²) in [5, 5.41) is 9.08. The van der Waals surface area contributed by atoms with Crippen molar-refractivity contribution in [3.8, 4) is 11.5 Å². The summed E-state index contributed by atoms with van der Waals surface area (Å²) in [6, 6.07) is 3.91. The summed E-state index contributed by atoms with van der Waals surface area (Å²) >= 11 is 0. The second-order valence-electron chi connectivity index (χ2n) is 5.90. The van der Waals surface area contributed by atoms with Crippen molar-refractivity contribution in [2.45, 2.75) is 45.4 Å². The van der Waals surface area contributed by atoms with Crippen molar-refractivity contribution in [2.24, 2.45) is 0 Å². The van der Waals surface area contributed by atoms with Crippen molar-refractivity contribution in [3.05, 3.63) is 23.3 Å². The van der Waals surface area contributed by atoms with Crippen LogP contribution in [0.5, 0.6) is 11.5 Å². The lowest BCUT2D eigenvalue weighted by molar-refractivity contribution is -0.138. The summed E-state index contributed by atoms with van der Waals surface area (Å²) in [6.45, 7) is 8.32. The Kier molecular flexibility index (Phi) is 3.43. The first-order valence-corrected chi connectivity index (χ1v) is 6.47. The summed E-state index contributed by atoms with van der Waals surface area (Å²) in [6.07, 6.45) is 0.0896. The molecule has 1 aromatic rings. The van der Waals surface area contributed by atoms with Crippen molar-refractivity contribution in [1.82, 2.24) is 0 Å². The summed E-state index contributed by atoms with van der Waals surface area (Å²) in [5.74, 6) is 0.964. The third kappa shape index (κ3) is 2.67. The molecular weight excluding hydrogens is 244 g/mol. The Hall–Kier alpha value is -1.71. The monoisotopic (exact) mass is 264 g/mol. The van der Waals surface area contributed by atoms with Gasteiger partial charge in [0, 0.05) is 5.41 Å². The fraction of sp³-hybridized carbons (Fsp3) is 0.533. The minimum absolute atomic E-state index is 0.0896. The Bertz CT molecular complexity index is 503. The molecule has 4 heteroatoms. The minimum Gasteiger partial charge on any atom is -0.481 e. The van der Waals surface area contributed by atoms with Crippen LogP contribution in [0.15, 0.2) is 12.1 Å². The molecule has 0 saturated carbocycles. The van der Waals surface area contributed by atoms with E-state index < -0.39 is 11.4 Å². The molecule has 104 valence electrons. The van der Waals surface area contributed by atoms with Gasteiger partial charge in [0.1, 0.15) is 0 Å². The van der Waals surface area contributed by atoms with Gasteiger partial charge < -0.3 is 14.6 Å². The molecule has 19 heavy (non-hydrogen) atoms. The first-order chi connectivity index (χ1) is 8.81. The van der Waals surface area contributed by atoms with Crippen molar-refractivity contribution in [1.29, 1.82) is 0 Å². The number of carboxylic acids is 1. The molecule has 1 aromatic carbocycles. The molecule has 0 unspecified atom stereocenters. The lowest BCUT2D eigenvalue weighted by atomic mass is 9.76. The van der Waals surface area contributed by atoms with Crippen LogP contribution in [-0.2, 0) is 10.2 Å². The maximum absolute atomic E-state index is 11.0. The Morgan fingerprint density at radius 1 is 1.32 bits per heavy atom. The van der Waals surface area contributed by atoms with Crippen molar-refractivity contribution >= 4 is 5.97 Å². The van der Waals surface area contributed by atoms with E-state index in [0.717, 1.165) is 16.9 Å². The lowest BCUT2D eigenvalue weighted by Crippen LogP contribution is -2.23. The van der Waals surface area contributed by atoms with Gasteiger partial charge in [0.2, 0.25) is 6.79 Å². The van der Waals surface area contributed by atoms with E-state index in [4.69, 9.17) is 14.6 Å². The molecule has 0 bridgehead atoms. The molecule has 0 radical (unpaired) electrons. The van der Waals surface area contributed by atoms with Gasteiger partial charge in [-0.3, -0.25) is 4.79 Å². The number of fused-ring (bicyclic) bond motifs is 1. The zero-order valence-electron chi connectivity index (χ0n) is 11.8. The molecule has 4 nitrogen and oxygen atoms in total. The zero-order valence-corrected chi connectivity index (χ0v) is 11.8. The lowest BCUT2D eigenvalue weighted by Gasteiger charge is -2.28. The van der Waals surface area contributed by atoms with Crippen LogP contribution in [0, 0.1) is 0 Å². The van der Waals surface area contributed by atoms with Gasteiger partial charge in [-0.05, 0) is 29.2 Å². The van der Waals surface area contributed by atoms with Gasteiger partial charge in [-0.25, -0.2) is 0 Å². The summed E-state index contributed by atoms with van der Waals surface area (Å²) in [4.78, 5) is 11.0. The number of aliphatic carboxylic acids is 1. The first-order valence-electron chi connectivity index (χ1n) is 6.47. The van der Waals surface area contributed by atoms with E-state index >= 15 is 0 Å². The summed E-state index contributed by atoms with van der Waals surface area (Å²) in [7, 11) is 0. The van der Waals surface area contributed by atoms with Crippen LogP contribution in [-0.4, -0.2) is 17.9 Å². The number of hydrogen-bond donors (Lipinski definition) is 1. The maximum Gasteiger partial charge on any atom is 0.304 e. The molecule has 0 atom stereocenters. The van der Waals surface area contributed by atoms with E-state index in [0.29, 0.717) is 11.7 Å². The summed E-state index contributed by atoms with van der Waals surface area (Å²) < 4.78 is 10.8. The van der Waals surface area contributed by atoms with E-state index in [-0.39, 0.29) is 13.2 Å². The molecule has 1 N–H and O–H groups in total. The topological polar surface area (TPSA) is 55.8 Å². The molecular formula is C15H20O4. The highest BCUT2D eigenvalue weighted by Crippen LogP contribution is 2.42. The number of rotatable bonds is 4. The number of ether oxygens (including phenoxy) is 2. The van der Waals surface area contributed by atoms with Crippen LogP contribution < -0.4 is 9.47 Å². The number of benzene rings is 1. The molecule has 2 rings (SSSR count). The predicted octanol–water partition coefficient (Wildman–Crippen LogP) is 3.29. The molecule has 0 saturated heterocycles. The summed E-state index contributed by atoms with van der Waals surface area (Å²) in [5.41, 5.74) is 1.71. The average Bonchev–Trinajstić information content (AvgIpc) is 2.72. The van der Waals surface area contributed by atoms with Gasteiger partial charge in [-0.1, -0.05) is 27.7 Å². The molecule has 1 aliphatic heterocycles. The van der Waals surface area contributed by atoms with E-state index in [9.17, 15) is 4.79 Å². The third-order valence-corrected chi connectivity index (χ3v) is 3.49. The normalized spacial score (nSPS) is 13.9. The smallest absolute Gasteiger partial charge is 0.304 e. The van der Waals surface area contributed by atoms with Crippen molar-refractivity contribution in [2.75, 3.05) is 6.79 Å². The molecule has 1 heterocycles. The number of hydrogen-bond acceptors (Lipinski definition) is 3. The highest BCUT2D eigenvalue weighted by molar-refractivity contribution is 5.69. The Labute approximate surface area is 113 Å². The fourth-order valence-electron chi connectivity index (χ4n) is 2.49. The quantitative estimate of drug-likeness (QED) is 0.906. The SMILES string of the molecule is CC(C)c1cc2c(cc1C(C)(C)CC(=O)O)OCO2. The highest BCUT2D eigenvalue weighted by atomic mass is 16.7. The Balaban J connectivity index is 2.51. The van der Waals surface area contributed by atoms with Crippen LogP contribution >= 0.6 is 0 Å². The molecule has 0 fully saturated rings. The van der Waals surface area contributed by atoms with Crippen LogP contribution in [0.4, 0.5) is 0 Å². The number of carbonyl (C=O) groups is 1. The van der Waals surface area contributed by atoms with Crippen molar-refractivity contribution < 1.29 is 19.4 Å². The van der Waals surface area contributed by atoms with Gasteiger partial charge in [-0.15, -0.1) is 0 Å². The molecule has 1 aliphatic rings. The van der Waals surface area contributed by atoms with Gasteiger partial charge in [0.05, 0.1) is 6.42 Å². The largest absolute Gasteiger partial charge is 0.481 e. The average molecular weight is 264 g/mol. The molecule has 0 amide bonds. The Morgan fingerprint density at radius 2 is 1.89 bits per heavy atom. The highest BCUT2D eigenvalue weighted by Gasteiger charge is 2.30. The van der Waals surface area contributed by atoms with Gasteiger partial charge in [0.15, 0.2) is 11.5 Å². The number of carboxylic acid groups (broad SMARTS) is 1. The minimum atomic E-state index is -0.794. The van der Waals surface area contributed by atoms with Crippen LogP contribution in [0.2, 0.25) is 0 Å². The first kappa shape index (κ1) is 13.7. The van der Waals surface area contributed by atoms with Crippen LogP contribution in [0.1, 0.15) is 51.2 Å². The molecule has 0 aromatic heterocycles. The van der Waals surface area contributed by atoms with E-state index in [1.807, 2.05) is 26.0 Å². The van der Waals surface area contributed by atoms with Crippen molar-refractivity contribution in [3.63, 3.8) is 0 Å². The zero-order chi connectivity index (χ0) is 14.2. The van der Waals surface area contributed by atoms with Gasteiger partial charge in [-0.2, -0.15) is 0 Å². The fourth-order valence-corrected chi connectivity index (χ4v) is 2.49. The standard InChI is InChI=1S/C15H20O4/c1-9(2)10-5-12-13(19-8-18-12)6-11(10)15(3,4)7-14(16)17/h5-6,9H,7-8H2,1-4H3,(H,16,17). The van der Waals surface area contributed by atoms with E-state index in [2.05, 4.69) is 13.8 Å². The molecule has 0 aliphatic carbocycles. The predicted molar refractivity (Wildman–Crippen MR) is 71.9 cm³/mol. The maximum atomic E-state index is 11.0. The Morgan fingerprint density at radius 3 is 2.42 bits per heavy atom.